The second kappa shape index (κ2) is 11.7. The molecule has 2 aromatic carbocycles. The number of aromatic nitrogens is 3. The predicted molar refractivity (Wildman–Crippen MR) is 135 cm³/mol. The largest absolute Gasteiger partial charge is 0.478 e. The van der Waals surface area contributed by atoms with Gasteiger partial charge in [-0.15, -0.1) is 10.2 Å². The molecule has 10 heteroatoms. The summed E-state index contributed by atoms with van der Waals surface area (Å²) in [6, 6.07) is 13.0. The van der Waals surface area contributed by atoms with Crippen LogP contribution in [0.25, 0.3) is 0 Å². The molecule has 0 aliphatic rings. The highest BCUT2D eigenvalue weighted by atomic mass is 32.2. The molecule has 2 amide bonds. The number of benzene rings is 2. The van der Waals surface area contributed by atoms with E-state index in [1.807, 2.05) is 44.4 Å². The van der Waals surface area contributed by atoms with Gasteiger partial charge >= 0.3 is 5.97 Å². The molecule has 0 aliphatic carbocycles. The zero-order valence-corrected chi connectivity index (χ0v) is 20.9. The first kappa shape index (κ1) is 26.0. The number of nitrogens with one attached hydrogen (secondary N) is 2. The van der Waals surface area contributed by atoms with Crippen molar-refractivity contribution in [1.82, 2.24) is 20.1 Å². The molecule has 184 valence electrons. The van der Waals surface area contributed by atoms with Crippen LogP contribution in [0.4, 0.5) is 5.69 Å². The number of thioether (sulfide) groups is 1. The number of carboxylic acids is 1. The van der Waals surface area contributed by atoms with Crippen LogP contribution in [-0.2, 0) is 11.3 Å². The number of anilines is 1. The van der Waals surface area contributed by atoms with Crippen LogP contribution in [0.5, 0.6) is 0 Å². The fourth-order valence-corrected chi connectivity index (χ4v) is 4.23. The summed E-state index contributed by atoms with van der Waals surface area (Å²) in [5, 5.41) is 24.0. The maximum atomic E-state index is 12.8. The summed E-state index contributed by atoms with van der Waals surface area (Å²) in [7, 11) is 0. The van der Waals surface area contributed by atoms with Crippen LogP contribution in [0.2, 0.25) is 0 Å². The van der Waals surface area contributed by atoms with Crippen LogP contribution in [0.15, 0.2) is 53.7 Å². The van der Waals surface area contributed by atoms with Crippen molar-refractivity contribution >= 4 is 35.2 Å². The number of rotatable bonds is 10. The molecule has 1 unspecified atom stereocenters. The minimum atomic E-state index is -1.03. The third-order valence-corrected chi connectivity index (χ3v) is 6.32. The standard InChI is InChI=1S/C25H29N5O4S/c1-5-30-22(21(15(2)3)27-23(32)17-8-6-16(4)7-9-17)28-29-25(30)35-14-20(31)26-19-12-10-18(11-13-19)24(33)34/h6-13,15,21H,5,14H2,1-4H3,(H,26,31)(H,27,32)(H,33,34). The van der Waals surface area contributed by atoms with Crippen molar-refractivity contribution in [1.29, 1.82) is 0 Å². The third-order valence-electron chi connectivity index (χ3n) is 5.35. The number of carboxylic acid groups (broad SMARTS) is 1. The van der Waals surface area contributed by atoms with Crippen molar-refractivity contribution in [2.24, 2.45) is 5.92 Å². The lowest BCUT2D eigenvalue weighted by molar-refractivity contribution is -0.113. The molecule has 3 N–H and O–H groups in total. The van der Waals surface area contributed by atoms with E-state index in [1.165, 1.54) is 23.9 Å². The Kier molecular flexibility index (Phi) is 8.64. The van der Waals surface area contributed by atoms with Crippen molar-refractivity contribution in [2.75, 3.05) is 11.1 Å². The molecule has 1 atom stereocenters. The third kappa shape index (κ3) is 6.69. The fraction of sp³-hybridized carbons (Fsp3) is 0.320. The lowest BCUT2D eigenvalue weighted by Gasteiger charge is -2.22. The summed E-state index contributed by atoms with van der Waals surface area (Å²) >= 11 is 1.24. The number of carbonyl (C=O) groups excluding carboxylic acids is 2. The summed E-state index contributed by atoms with van der Waals surface area (Å²) < 4.78 is 1.90. The average molecular weight is 496 g/mol. The Morgan fingerprint density at radius 3 is 2.20 bits per heavy atom. The minimum absolute atomic E-state index is 0.0637. The highest BCUT2D eigenvalue weighted by molar-refractivity contribution is 7.99. The minimum Gasteiger partial charge on any atom is -0.478 e. The van der Waals surface area contributed by atoms with E-state index in [0.717, 1.165) is 5.56 Å². The lowest BCUT2D eigenvalue weighted by atomic mass is 10.0. The van der Waals surface area contributed by atoms with E-state index in [1.54, 1.807) is 24.3 Å². The smallest absolute Gasteiger partial charge is 0.335 e. The van der Waals surface area contributed by atoms with Gasteiger partial charge in [0.1, 0.15) is 0 Å². The first-order valence-corrected chi connectivity index (χ1v) is 12.2. The Labute approximate surface area is 208 Å². The molecule has 1 heterocycles. The molecule has 0 radical (unpaired) electrons. The normalized spacial score (nSPS) is 11.8. The summed E-state index contributed by atoms with van der Waals surface area (Å²) in [6.45, 7) is 8.51. The molecule has 0 fully saturated rings. The summed E-state index contributed by atoms with van der Waals surface area (Å²) in [4.78, 5) is 36.2. The van der Waals surface area contributed by atoms with Crippen LogP contribution in [0.3, 0.4) is 0 Å². The highest BCUT2D eigenvalue weighted by Crippen LogP contribution is 2.26. The lowest BCUT2D eigenvalue weighted by Crippen LogP contribution is -2.33. The molecule has 9 nitrogen and oxygen atoms in total. The maximum Gasteiger partial charge on any atom is 0.335 e. The van der Waals surface area contributed by atoms with Gasteiger partial charge in [0.25, 0.3) is 5.91 Å². The van der Waals surface area contributed by atoms with Gasteiger partial charge in [-0.25, -0.2) is 4.79 Å². The summed E-state index contributed by atoms with van der Waals surface area (Å²) in [6.07, 6.45) is 0. The Hall–Kier alpha value is -3.66. The van der Waals surface area contributed by atoms with Gasteiger partial charge in [-0.3, -0.25) is 9.59 Å². The van der Waals surface area contributed by atoms with Gasteiger partial charge in [0, 0.05) is 17.8 Å². The van der Waals surface area contributed by atoms with Gasteiger partial charge in [0.2, 0.25) is 5.91 Å². The van der Waals surface area contributed by atoms with Crippen molar-refractivity contribution in [2.45, 2.75) is 45.4 Å². The van der Waals surface area contributed by atoms with Crippen LogP contribution >= 0.6 is 11.8 Å². The topological polar surface area (TPSA) is 126 Å². The Bertz CT molecular complexity index is 1190. The quantitative estimate of drug-likeness (QED) is 0.361. The Morgan fingerprint density at radius 1 is 1.00 bits per heavy atom. The number of carbonyl (C=O) groups is 3. The van der Waals surface area contributed by atoms with E-state index in [9.17, 15) is 14.4 Å². The molecule has 1 aromatic heterocycles. The van der Waals surface area contributed by atoms with Crippen molar-refractivity contribution in [3.05, 3.63) is 71.0 Å². The molecule has 3 aromatic rings. The Morgan fingerprint density at radius 2 is 1.63 bits per heavy atom. The average Bonchev–Trinajstić information content (AvgIpc) is 3.24. The molecular formula is C25H29N5O4S. The number of nitrogens with zero attached hydrogens (tertiary/aromatic N) is 3. The van der Waals surface area contributed by atoms with E-state index in [-0.39, 0.29) is 35.1 Å². The molecule has 0 saturated carbocycles. The molecule has 0 spiro atoms. The number of amides is 2. The van der Waals surface area contributed by atoms with Crippen LogP contribution in [-0.4, -0.2) is 43.4 Å². The highest BCUT2D eigenvalue weighted by Gasteiger charge is 2.26. The van der Waals surface area contributed by atoms with Gasteiger partial charge in [-0.2, -0.15) is 0 Å². The number of hydrogen-bond donors (Lipinski definition) is 3. The summed E-state index contributed by atoms with van der Waals surface area (Å²) in [5.41, 5.74) is 2.31. The van der Waals surface area contributed by atoms with Gasteiger partial charge < -0.3 is 20.3 Å². The first-order chi connectivity index (χ1) is 16.7. The maximum absolute atomic E-state index is 12.8. The van der Waals surface area contributed by atoms with Gasteiger partial charge in [0.05, 0.1) is 17.4 Å². The van der Waals surface area contributed by atoms with E-state index >= 15 is 0 Å². The number of hydrogen-bond acceptors (Lipinski definition) is 6. The SMILES string of the molecule is CCn1c(SCC(=O)Nc2ccc(C(=O)O)cc2)nnc1C(NC(=O)c1ccc(C)cc1)C(C)C. The van der Waals surface area contributed by atoms with E-state index in [0.29, 0.717) is 28.8 Å². The zero-order chi connectivity index (χ0) is 25.5. The zero-order valence-electron chi connectivity index (χ0n) is 20.1. The second-order valence-electron chi connectivity index (χ2n) is 8.37. The molecule has 35 heavy (non-hydrogen) atoms. The molecule has 0 saturated heterocycles. The Balaban J connectivity index is 1.68. The van der Waals surface area contributed by atoms with Gasteiger partial charge in [-0.1, -0.05) is 43.3 Å². The second-order valence-corrected chi connectivity index (χ2v) is 9.31. The number of aryl methyl sites for hydroxylation is 1. The monoisotopic (exact) mass is 495 g/mol. The predicted octanol–water partition coefficient (Wildman–Crippen LogP) is 4.16. The molecule has 0 aliphatic heterocycles. The molecular weight excluding hydrogens is 466 g/mol. The summed E-state index contributed by atoms with van der Waals surface area (Å²) in [5.74, 6) is -0.664. The van der Waals surface area contributed by atoms with E-state index in [4.69, 9.17) is 5.11 Å². The van der Waals surface area contributed by atoms with Gasteiger partial charge in [-0.05, 0) is 56.2 Å². The number of aromatic carboxylic acids is 1. The van der Waals surface area contributed by atoms with Crippen LogP contribution < -0.4 is 10.6 Å². The van der Waals surface area contributed by atoms with Crippen molar-refractivity contribution < 1.29 is 19.5 Å². The van der Waals surface area contributed by atoms with Crippen LogP contribution in [0, 0.1) is 12.8 Å². The fourth-order valence-electron chi connectivity index (χ4n) is 3.42. The molecule has 3 rings (SSSR count). The van der Waals surface area contributed by atoms with Crippen molar-refractivity contribution in [3.63, 3.8) is 0 Å². The molecule has 0 bridgehead atoms. The first-order valence-electron chi connectivity index (χ1n) is 11.3. The van der Waals surface area contributed by atoms with Gasteiger partial charge in [0.15, 0.2) is 11.0 Å². The van der Waals surface area contributed by atoms with Crippen LogP contribution in [0.1, 0.15) is 58.9 Å². The van der Waals surface area contributed by atoms with Crippen molar-refractivity contribution in [3.8, 4) is 0 Å². The van der Waals surface area contributed by atoms with E-state index in [2.05, 4.69) is 20.8 Å². The van der Waals surface area contributed by atoms with E-state index < -0.39 is 5.97 Å².